The van der Waals surface area contributed by atoms with Gasteiger partial charge in [0.25, 0.3) is 0 Å². The van der Waals surface area contributed by atoms with Crippen molar-refractivity contribution < 1.29 is 4.39 Å². The van der Waals surface area contributed by atoms with Gasteiger partial charge in [0, 0.05) is 14.1 Å². The molecule has 112 valence electrons. The van der Waals surface area contributed by atoms with E-state index in [9.17, 15) is 4.39 Å². The Morgan fingerprint density at radius 2 is 2.05 bits per heavy atom. The van der Waals surface area contributed by atoms with E-state index in [4.69, 9.17) is 11.6 Å². The van der Waals surface area contributed by atoms with Crippen molar-refractivity contribution in [2.45, 2.75) is 19.4 Å². The predicted octanol–water partition coefficient (Wildman–Crippen LogP) is 5.74. The maximum absolute atomic E-state index is 13.4. The Hall–Kier alpha value is -0.170. The molecule has 0 saturated heterocycles. The predicted molar refractivity (Wildman–Crippen MR) is 98.4 cm³/mol. The molecule has 1 nitrogen and oxygen atoms in total. The third kappa shape index (κ3) is 4.65. The molecule has 2 aromatic rings. The number of likely N-dealkylation sites (N-methyl/N-ethyl adjacent to an activating group) is 1. The van der Waals surface area contributed by atoms with Crippen LogP contribution < -0.4 is 5.32 Å². The lowest BCUT2D eigenvalue weighted by molar-refractivity contribution is 0.545. The van der Waals surface area contributed by atoms with Crippen molar-refractivity contribution >= 4 is 50.1 Å². The van der Waals surface area contributed by atoms with Crippen LogP contribution in [0, 0.1) is 9.39 Å². The van der Waals surface area contributed by atoms with Gasteiger partial charge in [-0.1, -0.05) is 40.5 Å². The molecule has 0 fully saturated rings. The highest BCUT2D eigenvalue weighted by atomic mass is 127. The van der Waals surface area contributed by atoms with Gasteiger partial charge in [0.2, 0.25) is 0 Å². The number of hydrogen-bond donors (Lipinski definition) is 1. The van der Waals surface area contributed by atoms with E-state index in [0.29, 0.717) is 6.42 Å². The van der Waals surface area contributed by atoms with Crippen molar-refractivity contribution in [1.82, 2.24) is 5.32 Å². The molecule has 0 aromatic heterocycles. The molecule has 2 rings (SSSR count). The summed E-state index contributed by atoms with van der Waals surface area (Å²) in [5.41, 5.74) is 2.05. The Morgan fingerprint density at radius 3 is 2.71 bits per heavy atom. The first-order valence-electron chi connectivity index (χ1n) is 6.63. The molecule has 1 N–H and O–H groups in total. The number of rotatable bonds is 5. The molecule has 0 aliphatic carbocycles. The number of nitrogens with one attached hydrogen (secondary N) is 1. The zero-order chi connectivity index (χ0) is 15.4. The normalized spacial score (nSPS) is 12.4. The fraction of sp³-hybridized carbons (Fsp3) is 0.250. The topological polar surface area (TPSA) is 12.0 Å². The Morgan fingerprint density at radius 1 is 1.29 bits per heavy atom. The van der Waals surface area contributed by atoms with Crippen molar-refractivity contribution in [2.75, 3.05) is 6.54 Å². The van der Waals surface area contributed by atoms with Gasteiger partial charge in [0.1, 0.15) is 5.82 Å². The highest BCUT2D eigenvalue weighted by molar-refractivity contribution is 14.1. The Kier molecular flexibility index (Phi) is 6.47. The summed E-state index contributed by atoms with van der Waals surface area (Å²) in [4.78, 5) is 0. The molecule has 1 atom stereocenters. The zero-order valence-electron chi connectivity index (χ0n) is 11.5. The van der Waals surface area contributed by atoms with Crippen LogP contribution in [0.25, 0.3) is 0 Å². The van der Waals surface area contributed by atoms with Crippen LogP contribution >= 0.6 is 50.1 Å². The minimum Gasteiger partial charge on any atom is -0.310 e. The van der Waals surface area contributed by atoms with Gasteiger partial charge in [0.05, 0.1) is 5.02 Å². The summed E-state index contributed by atoms with van der Waals surface area (Å²) in [5, 5.41) is 4.18. The molecule has 1 unspecified atom stereocenters. The quantitative estimate of drug-likeness (QED) is 0.536. The van der Waals surface area contributed by atoms with Gasteiger partial charge < -0.3 is 5.32 Å². The summed E-state index contributed by atoms with van der Waals surface area (Å²) in [6.45, 7) is 2.89. The lowest BCUT2D eigenvalue weighted by atomic mass is 9.99. The fourth-order valence-electron chi connectivity index (χ4n) is 2.20. The average Bonchev–Trinajstić information content (AvgIpc) is 2.45. The molecule has 0 aliphatic rings. The van der Waals surface area contributed by atoms with Gasteiger partial charge in [-0.3, -0.25) is 0 Å². The van der Waals surface area contributed by atoms with Crippen molar-refractivity contribution in [1.29, 1.82) is 0 Å². The van der Waals surface area contributed by atoms with E-state index in [-0.39, 0.29) is 11.9 Å². The first kappa shape index (κ1) is 17.2. The van der Waals surface area contributed by atoms with Crippen LogP contribution in [-0.2, 0) is 6.42 Å². The van der Waals surface area contributed by atoms with E-state index in [2.05, 4.69) is 56.8 Å². The molecule has 21 heavy (non-hydrogen) atoms. The number of hydrogen-bond acceptors (Lipinski definition) is 1. The average molecular weight is 483 g/mol. The molecule has 0 radical (unpaired) electrons. The van der Waals surface area contributed by atoms with Gasteiger partial charge >= 0.3 is 0 Å². The van der Waals surface area contributed by atoms with Crippen LogP contribution in [-0.4, -0.2) is 6.54 Å². The van der Waals surface area contributed by atoms with E-state index < -0.39 is 0 Å². The summed E-state index contributed by atoms with van der Waals surface area (Å²) in [6.07, 6.45) is 0.698. The first-order chi connectivity index (χ1) is 10.0. The number of benzene rings is 2. The molecule has 0 heterocycles. The molecular formula is C16H15BrClFIN. The molecular weight excluding hydrogens is 467 g/mol. The van der Waals surface area contributed by atoms with Crippen LogP contribution in [0.1, 0.15) is 24.1 Å². The maximum atomic E-state index is 13.4. The van der Waals surface area contributed by atoms with Crippen molar-refractivity contribution in [3.05, 3.63) is 66.4 Å². The van der Waals surface area contributed by atoms with Gasteiger partial charge in [-0.2, -0.15) is 0 Å². The Labute approximate surface area is 151 Å². The lowest BCUT2D eigenvalue weighted by Gasteiger charge is -2.20. The van der Waals surface area contributed by atoms with Crippen LogP contribution in [0.2, 0.25) is 5.02 Å². The van der Waals surface area contributed by atoms with Crippen LogP contribution in [0.15, 0.2) is 40.9 Å². The largest absolute Gasteiger partial charge is 0.310 e. The second-order valence-electron chi connectivity index (χ2n) is 4.72. The summed E-state index contributed by atoms with van der Waals surface area (Å²) in [6, 6.07) is 10.9. The number of halogens is 4. The highest BCUT2D eigenvalue weighted by Crippen LogP contribution is 2.28. The third-order valence-corrected chi connectivity index (χ3v) is 5.57. The monoisotopic (exact) mass is 481 g/mol. The van der Waals surface area contributed by atoms with Crippen LogP contribution in [0.3, 0.4) is 0 Å². The molecule has 0 saturated carbocycles. The van der Waals surface area contributed by atoms with Crippen molar-refractivity contribution in [2.24, 2.45) is 0 Å². The SMILES string of the molecule is CCNC(Cc1cc(F)ccc1Br)c1ccc(I)c(Cl)c1. The Bertz CT molecular complexity index is 636. The van der Waals surface area contributed by atoms with Crippen molar-refractivity contribution in [3.63, 3.8) is 0 Å². The van der Waals surface area contributed by atoms with E-state index >= 15 is 0 Å². The fourth-order valence-corrected chi connectivity index (χ4v) is 3.14. The van der Waals surface area contributed by atoms with Gasteiger partial charge in [-0.25, -0.2) is 4.39 Å². The minimum absolute atomic E-state index is 0.0996. The zero-order valence-corrected chi connectivity index (χ0v) is 16.0. The lowest BCUT2D eigenvalue weighted by Crippen LogP contribution is -2.23. The second kappa shape index (κ2) is 7.90. The molecule has 5 heteroatoms. The van der Waals surface area contributed by atoms with Crippen molar-refractivity contribution in [3.8, 4) is 0 Å². The summed E-state index contributed by atoms with van der Waals surface area (Å²) in [5.74, 6) is -0.218. The van der Waals surface area contributed by atoms with E-state index in [1.807, 2.05) is 12.1 Å². The maximum Gasteiger partial charge on any atom is 0.123 e. The Balaban J connectivity index is 2.30. The van der Waals surface area contributed by atoms with Gasteiger partial charge in [-0.15, -0.1) is 0 Å². The third-order valence-electron chi connectivity index (χ3n) is 3.23. The first-order valence-corrected chi connectivity index (χ1v) is 8.88. The highest BCUT2D eigenvalue weighted by Gasteiger charge is 2.14. The standard InChI is InChI=1S/C16H15BrClFIN/c1-2-21-16(10-3-6-15(20)14(18)8-10)9-11-7-12(19)4-5-13(11)17/h3-8,16,21H,2,9H2,1H3. The summed E-state index contributed by atoms with van der Waals surface area (Å²) in [7, 11) is 0. The smallest absolute Gasteiger partial charge is 0.123 e. The second-order valence-corrected chi connectivity index (χ2v) is 7.15. The molecule has 0 bridgehead atoms. The van der Waals surface area contributed by atoms with Crippen LogP contribution in [0.4, 0.5) is 4.39 Å². The molecule has 2 aromatic carbocycles. The molecule has 0 spiro atoms. The summed E-state index contributed by atoms with van der Waals surface area (Å²) < 4.78 is 15.4. The van der Waals surface area contributed by atoms with E-state index in [1.54, 1.807) is 12.1 Å². The molecule has 0 aliphatic heterocycles. The van der Waals surface area contributed by atoms with E-state index in [1.165, 1.54) is 6.07 Å². The van der Waals surface area contributed by atoms with Crippen LogP contribution in [0.5, 0.6) is 0 Å². The minimum atomic E-state index is -0.218. The summed E-state index contributed by atoms with van der Waals surface area (Å²) >= 11 is 11.9. The molecule has 0 amide bonds. The van der Waals surface area contributed by atoms with Gasteiger partial charge in [0.15, 0.2) is 0 Å². The van der Waals surface area contributed by atoms with E-state index in [0.717, 1.165) is 30.7 Å². The van der Waals surface area contributed by atoms with Gasteiger partial charge in [-0.05, 0) is 77.0 Å².